The van der Waals surface area contributed by atoms with E-state index < -0.39 is 11.7 Å². The van der Waals surface area contributed by atoms with Crippen LogP contribution in [0.1, 0.15) is 41.0 Å². The second-order valence-corrected chi connectivity index (χ2v) is 13.6. The summed E-state index contributed by atoms with van der Waals surface area (Å²) in [5.74, 6) is -0.120. The van der Waals surface area contributed by atoms with Crippen molar-refractivity contribution in [2.45, 2.75) is 24.9 Å². The molecular weight excluding hydrogens is 620 g/mol. The molecule has 7 aromatic carbocycles. The van der Waals surface area contributed by atoms with Gasteiger partial charge in [0.05, 0.1) is 11.3 Å². The zero-order chi connectivity index (χ0) is 32.4. The minimum absolute atomic E-state index is 0.120. The van der Waals surface area contributed by atoms with Crippen LogP contribution in [0.5, 0.6) is 0 Å². The molecule has 0 saturated heterocycles. The summed E-state index contributed by atoms with van der Waals surface area (Å²) in [4.78, 5) is 5.43. The largest absolute Gasteiger partial charge is 0.416 e. The number of thiophene rings is 1. The fraction of sp³-hybridized carbons (Fsp3) is 0.0930. The SMILES string of the molecule is FC(F)(F)c1ccc([C@H]2CCC(c3ccc(-c4ccc5c(c4)sc4ccccc45)cc3)=Nc3c2c2ccccc2c2ccccc32)cc1. The molecule has 0 N–H and O–H groups in total. The van der Waals surface area contributed by atoms with Crippen LogP contribution in [-0.2, 0) is 6.18 Å². The highest BCUT2D eigenvalue weighted by atomic mass is 32.1. The van der Waals surface area contributed by atoms with E-state index in [9.17, 15) is 13.2 Å². The van der Waals surface area contributed by atoms with Crippen molar-refractivity contribution in [1.29, 1.82) is 0 Å². The smallest absolute Gasteiger partial charge is 0.252 e. The van der Waals surface area contributed by atoms with Crippen LogP contribution in [0.2, 0.25) is 0 Å². The summed E-state index contributed by atoms with van der Waals surface area (Å²) in [5, 5.41) is 6.96. The lowest BCUT2D eigenvalue weighted by atomic mass is 9.82. The highest BCUT2D eigenvalue weighted by Gasteiger charge is 2.31. The molecule has 0 radical (unpaired) electrons. The summed E-state index contributed by atoms with van der Waals surface area (Å²) in [5.41, 5.74) is 6.57. The summed E-state index contributed by atoms with van der Waals surface area (Å²) >= 11 is 1.82. The van der Waals surface area contributed by atoms with E-state index in [0.29, 0.717) is 6.42 Å². The Labute approximate surface area is 279 Å². The van der Waals surface area contributed by atoms with Crippen molar-refractivity contribution in [1.82, 2.24) is 0 Å². The zero-order valence-corrected chi connectivity index (χ0v) is 26.6. The van der Waals surface area contributed by atoms with E-state index in [1.165, 1.54) is 37.9 Å². The molecule has 1 atom stereocenters. The van der Waals surface area contributed by atoms with Gasteiger partial charge < -0.3 is 0 Å². The fourth-order valence-corrected chi connectivity index (χ4v) is 8.59. The normalized spacial score (nSPS) is 15.1. The second kappa shape index (κ2) is 11.2. The van der Waals surface area contributed by atoms with Gasteiger partial charge in [-0.3, -0.25) is 4.99 Å². The third-order valence-electron chi connectivity index (χ3n) is 9.78. The lowest BCUT2D eigenvalue weighted by Gasteiger charge is -2.22. The van der Waals surface area contributed by atoms with Gasteiger partial charge in [0.2, 0.25) is 0 Å². The van der Waals surface area contributed by atoms with E-state index in [2.05, 4.69) is 91.0 Å². The van der Waals surface area contributed by atoms with Gasteiger partial charge in [-0.1, -0.05) is 115 Å². The van der Waals surface area contributed by atoms with Crippen molar-refractivity contribution >= 4 is 64.5 Å². The molecule has 0 spiro atoms. The zero-order valence-electron chi connectivity index (χ0n) is 25.8. The first kappa shape index (κ1) is 28.9. The third-order valence-corrected chi connectivity index (χ3v) is 10.9. The van der Waals surface area contributed by atoms with E-state index in [0.717, 1.165) is 61.6 Å². The maximum atomic E-state index is 13.5. The number of alkyl halides is 3. The summed E-state index contributed by atoms with van der Waals surface area (Å²) in [6.07, 6.45) is -2.96. The minimum Gasteiger partial charge on any atom is -0.252 e. The summed E-state index contributed by atoms with van der Waals surface area (Å²) in [6.45, 7) is 0. The Hall–Kier alpha value is -5.26. The molecule has 1 nitrogen and oxygen atoms in total. The van der Waals surface area contributed by atoms with Crippen molar-refractivity contribution in [3.63, 3.8) is 0 Å². The molecule has 1 aromatic heterocycles. The molecule has 1 aliphatic rings. The van der Waals surface area contributed by atoms with Gasteiger partial charge in [0.1, 0.15) is 0 Å². The van der Waals surface area contributed by atoms with E-state index in [4.69, 9.17) is 4.99 Å². The van der Waals surface area contributed by atoms with Gasteiger partial charge in [-0.25, -0.2) is 0 Å². The number of fused-ring (bicyclic) bond motifs is 9. The second-order valence-electron chi connectivity index (χ2n) is 12.5. The average Bonchev–Trinajstić information content (AvgIpc) is 3.37. The number of nitrogens with zero attached hydrogens (tertiary/aromatic N) is 1. The summed E-state index contributed by atoms with van der Waals surface area (Å²) < 4.78 is 43.1. The van der Waals surface area contributed by atoms with Gasteiger partial charge in [0, 0.05) is 37.2 Å². The Balaban J connectivity index is 1.16. The monoisotopic (exact) mass is 647 g/mol. The molecule has 0 bridgehead atoms. The molecule has 232 valence electrons. The lowest BCUT2D eigenvalue weighted by molar-refractivity contribution is -0.137. The first-order valence-electron chi connectivity index (χ1n) is 16.1. The van der Waals surface area contributed by atoms with Crippen LogP contribution < -0.4 is 0 Å². The van der Waals surface area contributed by atoms with Crippen LogP contribution in [-0.4, -0.2) is 5.71 Å². The van der Waals surface area contributed by atoms with Crippen molar-refractivity contribution in [2.24, 2.45) is 4.99 Å². The Morgan fingerprint density at radius 3 is 1.85 bits per heavy atom. The molecule has 0 amide bonds. The molecule has 1 aliphatic heterocycles. The van der Waals surface area contributed by atoms with E-state index in [1.54, 1.807) is 12.1 Å². The predicted octanol–water partition coefficient (Wildman–Crippen LogP) is 13.1. The Morgan fingerprint density at radius 2 is 1.12 bits per heavy atom. The fourth-order valence-electron chi connectivity index (χ4n) is 7.45. The van der Waals surface area contributed by atoms with Gasteiger partial charge in [-0.2, -0.15) is 13.2 Å². The first-order chi connectivity index (χ1) is 23.4. The summed E-state index contributed by atoms with van der Waals surface area (Å²) in [7, 11) is 0. The molecule has 8 aromatic rings. The Kier molecular flexibility index (Phi) is 6.73. The van der Waals surface area contributed by atoms with Crippen LogP contribution in [0.15, 0.2) is 145 Å². The van der Waals surface area contributed by atoms with E-state index in [-0.39, 0.29) is 5.92 Å². The Morgan fingerprint density at radius 1 is 0.542 bits per heavy atom. The minimum atomic E-state index is -4.38. The van der Waals surface area contributed by atoms with Crippen LogP contribution in [0, 0.1) is 0 Å². The topological polar surface area (TPSA) is 12.4 Å². The highest BCUT2D eigenvalue weighted by Crippen LogP contribution is 2.48. The quantitative estimate of drug-likeness (QED) is 0.169. The third kappa shape index (κ3) is 4.80. The molecule has 5 heteroatoms. The molecule has 0 fully saturated rings. The number of benzene rings is 7. The molecule has 0 saturated carbocycles. The van der Waals surface area contributed by atoms with Gasteiger partial charge in [-0.05, 0) is 81.1 Å². The average molecular weight is 648 g/mol. The van der Waals surface area contributed by atoms with Crippen LogP contribution in [0.25, 0.3) is 52.8 Å². The number of halogens is 3. The van der Waals surface area contributed by atoms with E-state index >= 15 is 0 Å². The van der Waals surface area contributed by atoms with Crippen LogP contribution >= 0.6 is 11.3 Å². The molecule has 9 rings (SSSR count). The molecule has 48 heavy (non-hydrogen) atoms. The van der Waals surface area contributed by atoms with Gasteiger partial charge >= 0.3 is 6.18 Å². The Bertz CT molecular complexity index is 2540. The lowest BCUT2D eigenvalue weighted by Crippen LogP contribution is -2.07. The van der Waals surface area contributed by atoms with Gasteiger partial charge in [0.15, 0.2) is 0 Å². The van der Waals surface area contributed by atoms with Gasteiger partial charge in [-0.15, -0.1) is 11.3 Å². The molecule has 2 heterocycles. The van der Waals surface area contributed by atoms with Crippen LogP contribution in [0.4, 0.5) is 18.9 Å². The number of hydrogen-bond donors (Lipinski definition) is 0. The molecule has 0 unspecified atom stereocenters. The van der Waals surface area contributed by atoms with Crippen LogP contribution in [0.3, 0.4) is 0 Å². The van der Waals surface area contributed by atoms with Crippen molar-refractivity contribution in [3.8, 4) is 11.1 Å². The number of rotatable bonds is 3. The van der Waals surface area contributed by atoms with Gasteiger partial charge in [0.25, 0.3) is 0 Å². The maximum absolute atomic E-state index is 13.5. The summed E-state index contributed by atoms with van der Waals surface area (Å²) in [6, 6.07) is 46.3. The standard InChI is InChI=1S/C43H28F3NS/c44-43(45,46)30-20-17-27(18-21-30)31-23-24-38(47-42-37-11-4-2-8-33(37)32-7-1-3-10-36(32)41(31)42)28-15-13-26(14-16-28)29-19-22-35-34-9-5-6-12-39(34)48-40(35)25-29/h1-22,25,31H,23-24H2/t31-/m1/s1. The van der Waals surface area contributed by atoms with Crippen molar-refractivity contribution in [3.05, 3.63) is 162 Å². The molecular formula is C43H28F3NS. The predicted molar refractivity (Wildman–Crippen MR) is 195 cm³/mol. The number of hydrogen-bond acceptors (Lipinski definition) is 2. The molecule has 0 aliphatic carbocycles. The van der Waals surface area contributed by atoms with E-state index in [1.807, 2.05) is 35.6 Å². The highest BCUT2D eigenvalue weighted by molar-refractivity contribution is 7.25. The van der Waals surface area contributed by atoms with Crippen molar-refractivity contribution in [2.75, 3.05) is 0 Å². The number of aliphatic imine (C=N–C) groups is 1. The maximum Gasteiger partial charge on any atom is 0.416 e. The van der Waals surface area contributed by atoms with Crippen molar-refractivity contribution < 1.29 is 13.2 Å². The first-order valence-corrected chi connectivity index (χ1v) is 16.9.